The maximum absolute atomic E-state index is 12.0. The molecule has 0 saturated carbocycles. The van der Waals surface area contributed by atoms with Crippen molar-refractivity contribution in [3.05, 3.63) is 23.8 Å². The van der Waals surface area contributed by atoms with Gasteiger partial charge in [0, 0.05) is 11.4 Å². The number of carbonyl (C=O) groups excluding carboxylic acids is 3. The van der Waals surface area contributed by atoms with Crippen LogP contribution < -0.4 is 16.4 Å². The van der Waals surface area contributed by atoms with Gasteiger partial charge in [-0.05, 0) is 38.5 Å². The van der Waals surface area contributed by atoms with Crippen molar-refractivity contribution >= 4 is 29.2 Å². The number of hydrogen-bond donors (Lipinski definition) is 3. The first-order chi connectivity index (χ1) is 9.72. The third-order valence-corrected chi connectivity index (χ3v) is 3.40. The van der Waals surface area contributed by atoms with Crippen LogP contribution in [0.2, 0.25) is 0 Å². The number of nitrogens with one attached hydrogen (secondary N) is 2. The van der Waals surface area contributed by atoms with Gasteiger partial charge in [0.05, 0.1) is 0 Å². The third kappa shape index (κ3) is 2.81. The molecule has 0 unspecified atom stereocenters. The Labute approximate surface area is 122 Å². The van der Waals surface area contributed by atoms with Crippen molar-refractivity contribution in [1.29, 1.82) is 0 Å². The molecular formula is C14H18N4O3. The summed E-state index contributed by atoms with van der Waals surface area (Å²) in [5.41, 5.74) is 6.64. The highest BCUT2D eigenvalue weighted by Gasteiger charge is 2.44. The molecule has 1 aliphatic rings. The zero-order valence-electron chi connectivity index (χ0n) is 12.2. The summed E-state index contributed by atoms with van der Waals surface area (Å²) in [4.78, 5) is 36.6. The predicted octanol–water partition coefficient (Wildman–Crippen LogP) is 0.846. The Hall–Kier alpha value is -2.57. The Morgan fingerprint density at radius 3 is 2.62 bits per heavy atom. The maximum Gasteiger partial charge on any atom is 0.325 e. The van der Waals surface area contributed by atoms with Crippen LogP contribution in [0.25, 0.3) is 0 Å². The van der Waals surface area contributed by atoms with Crippen molar-refractivity contribution in [3.8, 4) is 0 Å². The second kappa shape index (κ2) is 5.08. The molecule has 1 aromatic carbocycles. The first-order valence-corrected chi connectivity index (χ1v) is 6.51. The van der Waals surface area contributed by atoms with E-state index in [9.17, 15) is 14.4 Å². The molecule has 21 heavy (non-hydrogen) atoms. The maximum atomic E-state index is 12.0. The Bertz CT molecular complexity index is 625. The van der Waals surface area contributed by atoms with Crippen molar-refractivity contribution in [2.75, 3.05) is 17.6 Å². The second-order valence-corrected chi connectivity index (χ2v) is 5.51. The molecular weight excluding hydrogens is 272 g/mol. The molecule has 4 amide bonds. The van der Waals surface area contributed by atoms with Crippen LogP contribution in [0.5, 0.6) is 0 Å². The summed E-state index contributed by atoms with van der Waals surface area (Å²) in [6, 6.07) is 4.59. The molecule has 7 heteroatoms. The van der Waals surface area contributed by atoms with E-state index in [1.165, 1.54) is 0 Å². The molecule has 2 rings (SSSR count). The van der Waals surface area contributed by atoms with Gasteiger partial charge in [0.2, 0.25) is 5.91 Å². The fraction of sp³-hybridized carbons (Fsp3) is 0.357. The Morgan fingerprint density at radius 2 is 2.05 bits per heavy atom. The van der Waals surface area contributed by atoms with E-state index in [-0.39, 0.29) is 6.54 Å². The minimum Gasteiger partial charge on any atom is -0.398 e. The van der Waals surface area contributed by atoms with Crippen molar-refractivity contribution in [3.63, 3.8) is 0 Å². The highest BCUT2D eigenvalue weighted by Crippen LogP contribution is 2.21. The van der Waals surface area contributed by atoms with Crippen LogP contribution in [0, 0.1) is 6.92 Å². The van der Waals surface area contributed by atoms with E-state index in [0.717, 1.165) is 10.5 Å². The van der Waals surface area contributed by atoms with Crippen LogP contribution in [0.4, 0.5) is 16.2 Å². The monoisotopic (exact) mass is 290 g/mol. The van der Waals surface area contributed by atoms with Gasteiger partial charge in [-0.3, -0.25) is 14.5 Å². The number of rotatable bonds is 3. The zero-order valence-corrected chi connectivity index (χ0v) is 12.2. The lowest BCUT2D eigenvalue weighted by Crippen LogP contribution is -2.41. The van der Waals surface area contributed by atoms with Gasteiger partial charge >= 0.3 is 6.03 Å². The molecule has 0 spiro atoms. The molecule has 0 bridgehead atoms. The van der Waals surface area contributed by atoms with Crippen LogP contribution in [0.3, 0.4) is 0 Å². The summed E-state index contributed by atoms with van der Waals surface area (Å²) in [5, 5.41) is 5.17. The smallest absolute Gasteiger partial charge is 0.325 e. The van der Waals surface area contributed by atoms with Gasteiger partial charge < -0.3 is 16.4 Å². The van der Waals surface area contributed by atoms with Crippen LogP contribution in [0.15, 0.2) is 18.2 Å². The molecule has 0 aromatic heterocycles. The number of anilines is 2. The molecule has 1 aliphatic heterocycles. The highest BCUT2D eigenvalue weighted by atomic mass is 16.2. The van der Waals surface area contributed by atoms with Crippen molar-refractivity contribution in [2.24, 2.45) is 0 Å². The number of nitrogen functional groups attached to an aromatic ring is 1. The first-order valence-electron chi connectivity index (χ1n) is 6.51. The van der Waals surface area contributed by atoms with Crippen LogP contribution >= 0.6 is 0 Å². The fourth-order valence-electron chi connectivity index (χ4n) is 2.08. The summed E-state index contributed by atoms with van der Waals surface area (Å²) in [6.07, 6.45) is 0. The van der Waals surface area contributed by atoms with E-state index in [1.807, 2.05) is 0 Å². The van der Waals surface area contributed by atoms with Gasteiger partial charge in [-0.2, -0.15) is 0 Å². The standard InChI is InChI=1S/C14H18N4O3/c1-8-9(15)5-4-6-10(8)16-11(19)7-18-12(20)14(2,3)17-13(18)21/h4-6H,7,15H2,1-3H3,(H,16,19)(H,17,21). The number of hydrogen-bond acceptors (Lipinski definition) is 4. The minimum absolute atomic E-state index is 0.331. The topological polar surface area (TPSA) is 105 Å². The van der Waals surface area contributed by atoms with E-state index >= 15 is 0 Å². The number of nitrogens with two attached hydrogens (primary N) is 1. The van der Waals surface area contributed by atoms with Gasteiger partial charge in [-0.25, -0.2) is 4.79 Å². The Morgan fingerprint density at radius 1 is 1.38 bits per heavy atom. The highest BCUT2D eigenvalue weighted by molar-refractivity contribution is 6.09. The second-order valence-electron chi connectivity index (χ2n) is 5.51. The molecule has 0 radical (unpaired) electrons. The van der Waals surface area contributed by atoms with Gasteiger partial charge in [-0.15, -0.1) is 0 Å². The van der Waals surface area contributed by atoms with Gasteiger partial charge in [0.25, 0.3) is 5.91 Å². The normalized spacial score (nSPS) is 16.8. The molecule has 0 atom stereocenters. The van der Waals surface area contributed by atoms with Gasteiger partial charge in [0.1, 0.15) is 12.1 Å². The molecule has 0 aliphatic carbocycles. The summed E-state index contributed by atoms with van der Waals surface area (Å²) in [6.45, 7) is 4.63. The van der Waals surface area contributed by atoms with E-state index in [0.29, 0.717) is 11.4 Å². The average Bonchev–Trinajstić information content (AvgIpc) is 2.57. The lowest BCUT2D eigenvalue weighted by atomic mass is 10.1. The molecule has 1 aromatic rings. The number of urea groups is 1. The SMILES string of the molecule is Cc1c(N)cccc1NC(=O)CN1C(=O)NC(C)(C)C1=O. The molecule has 7 nitrogen and oxygen atoms in total. The lowest BCUT2D eigenvalue weighted by Gasteiger charge is -2.16. The molecule has 1 fully saturated rings. The molecule has 4 N–H and O–H groups in total. The van der Waals surface area contributed by atoms with E-state index in [1.54, 1.807) is 39.0 Å². The zero-order chi connectivity index (χ0) is 15.8. The van der Waals surface area contributed by atoms with Gasteiger partial charge in [-0.1, -0.05) is 6.07 Å². The van der Waals surface area contributed by atoms with Crippen molar-refractivity contribution < 1.29 is 14.4 Å². The number of amides is 4. The Kier molecular flexibility index (Phi) is 3.59. The number of nitrogens with zero attached hydrogens (tertiary/aromatic N) is 1. The molecule has 1 saturated heterocycles. The van der Waals surface area contributed by atoms with E-state index in [2.05, 4.69) is 10.6 Å². The predicted molar refractivity (Wildman–Crippen MR) is 78.5 cm³/mol. The Balaban J connectivity index is 2.08. The number of imide groups is 1. The molecule has 1 heterocycles. The fourth-order valence-corrected chi connectivity index (χ4v) is 2.08. The summed E-state index contributed by atoms with van der Waals surface area (Å²) in [7, 11) is 0. The quantitative estimate of drug-likeness (QED) is 0.567. The summed E-state index contributed by atoms with van der Waals surface area (Å²) in [5.74, 6) is -0.878. The number of carbonyl (C=O) groups is 3. The number of benzene rings is 1. The summed E-state index contributed by atoms with van der Waals surface area (Å²) < 4.78 is 0. The first kappa shape index (κ1) is 14.8. The average molecular weight is 290 g/mol. The largest absolute Gasteiger partial charge is 0.398 e. The molecule has 112 valence electrons. The van der Waals surface area contributed by atoms with E-state index < -0.39 is 23.4 Å². The third-order valence-electron chi connectivity index (χ3n) is 3.40. The van der Waals surface area contributed by atoms with Crippen LogP contribution in [-0.4, -0.2) is 34.8 Å². The minimum atomic E-state index is -0.982. The lowest BCUT2D eigenvalue weighted by molar-refractivity contribution is -0.132. The van der Waals surface area contributed by atoms with Crippen LogP contribution in [-0.2, 0) is 9.59 Å². The summed E-state index contributed by atoms with van der Waals surface area (Å²) >= 11 is 0. The van der Waals surface area contributed by atoms with Gasteiger partial charge in [0.15, 0.2) is 0 Å². The van der Waals surface area contributed by atoms with Crippen LogP contribution in [0.1, 0.15) is 19.4 Å². The van der Waals surface area contributed by atoms with E-state index in [4.69, 9.17) is 5.73 Å². The van der Waals surface area contributed by atoms with Crippen molar-refractivity contribution in [1.82, 2.24) is 10.2 Å². The van der Waals surface area contributed by atoms with Crippen molar-refractivity contribution in [2.45, 2.75) is 26.3 Å².